The van der Waals surface area contributed by atoms with Crippen molar-refractivity contribution >= 4 is 22.8 Å². The van der Waals surface area contributed by atoms with Crippen LogP contribution in [0.3, 0.4) is 0 Å². The number of aromatic nitrogens is 2. The average molecular weight is 202 g/mol. The van der Waals surface area contributed by atoms with Gasteiger partial charge >= 0.3 is 5.97 Å². The summed E-state index contributed by atoms with van der Waals surface area (Å²) in [6.07, 6.45) is 3.01. The van der Waals surface area contributed by atoms with Crippen LogP contribution in [0.25, 0.3) is 11.0 Å². The van der Waals surface area contributed by atoms with E-state index in [9.17, 15) is 9.59 Å². The van der Waals surface area contributed by atoms with Gasteiger partial charge in [-0.3, -0.25) is 14.8 Å². The SMILES string of the molecule is O=C(O)C(=O)c1ccc2nccnc2c1. The maximum atomic E-state index is 11.1. The quantitative estimate of drug-likeness (QED) is 0.578. The molecule has 2 rings (SSSR count). The van der Waals surface area contributed by atoms with E-state index in [0.717, 1.165) is 0 Å². The molecule has 74 valence electrons. The van der Waals surface area contributed by atoms with Crippen LogP contribution in [0.5, 0.6) is 0 Å². The molecule has 15 heavy (non-hydrogen) atoms. The van der Waals surface area contributed by atoms with Crippen LogP contribution in [0.1, 0.15) is 10.4 Å². The molecule has 0 radical (unpaired) electrons. The van der Waals surface area contributed by atoms with Gasteiger partial charge in [-0.05, 0) is 18.2 Å². The van der Waals surface area contributed by atoms with Gasteiger partial charge in [-0.25, -0.2) is 4.79 Å². The predicted molar refractivity (Wildman–Crippen MR) is 51.5 cm³/mol. The van der Waals surface area contributed by atoms with Gasteiger partial charge in [0.05, 0.1) is 11.0 Å². The normalized spacial score (nSPS) is 10.1. The molecule has 1 N–H and O–H groups in total. The van der Waals surface area contributed by atoms with E-state index in [1.807, 2.05) is 0 Å². The highest BCUT2D eigenvalue weighted by atomic mass is 16.4. The van der Waals surface area contributed by atoms with Crippen LogP contribution >= 0.6 is 0 Å². The van der Waals surface area contributed by atoms with Gasteiger partial charge in [0.25, 0.3) is 5.78 Å². The van der Waals surface area contributed by atoms with Gasteiger partial charge in [0, 0.05) is 18.0 Å². The first-order valence-electron chi connectivity index (χ1n) is 4.17. The Balaban J connectivity index is 2.56. The molecule has 5 heteroatoms. The molecule has 0 aliphatic rings. The van der Waals surface area contributed by atoms with Gasteiger partial charge in [-0.15, -0.1) is 0 Å². The standard InChI is InChI=1S/C10H6N2O3/c13-9(10(14)15)6-1-2-7-8(5-6)12-4-3-11-7/h1-5H,(H,14,15). The van der Waals surface area contributed by atoms with Gasteiger partial charge in [0.1, 0.15) is 0 Å². The number of hydrogen-bond acceptors (Lipinski definition) is 4. The number of rotatable bonds is 2. The summed E-state index contributed by atoms with van der Waals surface area (Å²) in [7, 11) is 0. The molecule has 0 fully saturated rings. The monoisotopic (exact) mass is 202 g/mol. The van der Waals surface area contributed by atoms with Crippen LogP contribution in [-0.4, -0.2) is 26.8 Å². The number of ketones is 1. The minimum atomic E-state index is -1.47. The van der Waals surface area contributed by atoms with Crippen molar-refractivity contribution in [3.05, 3.63) is 36.2 Å². The molecular formula is C10H6N2O3. The molecule has 5 nitrogen and oxygen atoms in total. The summed E-state index contributed by atoms with van der Waals surface area (Å²) in [5.41, 5.74) is 1.24. The van der Waals surface area contributed by atoms with Crippen molar-refractivity contribution in [2.24, 2.45) is 0 Å². The minimum absolute atomic E-state index is 0.107. The summed E-state index contributed by atoms with van der Waals surface area (Å²) in [6.45, 7) is 0. The van der Waals surface area contributed by atoms with Crippen molar-refractivity contribution in [1.82, 2.24) is 9.97 Å². The molecule has 0 saturated heterocycles. The lowest BCUT2D eigenvalue weighted by Gasteiger charge is -1.98. The second kappa shape index (κ2) is 3.45. The van der Waals surface area contributed by atoms with E-state index in [0.29, 0.717) is 11.0 Å². The maximum absolute atomic E-state index is 11.1. The van der Waals surface area contributed by atoms with Crippen molar-refractivity contribution in [3.63, 3.8) is 0 Å². The fraction of sp³-hybridized carbons (Fsp3) is 0. The Morgan fingerprint density at radius 2 is 1.73 bits per heavy atom. The third kappa shape index (κ3) is 1.67. The van der Waals surface area contributed by atoms with Crippen molar-refractivity contribution in [2.45, 2.75) is 0 Å². The number of Topliss-reactive ketones (excluding diaryl/α,β-unsaturated/α-hetero) is 1. The van der Waals surface area contributed by atoms with Crippen LogP contribution in [0.2, 0.25) is 0 Å². The molecule has 0 aliphatic carbocycles. The number of carboxylic acids is 1. The molecule has 1 heterocycles. The molecule has 2 aromatic rings. The van der Waals surface area contributed by atoms with Crippen LogP contribution in [-0.2, 0) is 4.79 Å². The summed E-state index contributed by atoms with van der Waals surface area (Å²) >= 11 is 0. The van der Waals surface area contributed by atoms with E-state index in [1.54, 1.807) is 6.07 Å². The average Bonchev–Trinajstić information content (AvgIpc) is 2.27. The van der Waals surface area contributed by atoms with E-state index in [1.165, 1.54) is 24.5 Å². The lowest BCUT2D eigenvalue weighted by Crippen LogP contribution is -2.12. The highest BCUT2D eigenvalue weighted by Gasteiger charge is 2.14. The Bertz CT molecular complexity index is 551. The summed E-state index contributed by atoms with van der Waals surface area (Å²) in [4.78, 5) is 29.6. The van der Waals surface area contributed by atoms with E-state index >= 15 is 0 Å². The zero-order valence-electron chi connectivity index (χ0n) is 7.54. The lowest BCUT2D eigenvalue weighted by atomic mass is 10.1. The molecule has 0 amide bonds. The van der Waals surface area contributed by atoms with E-state index < -0.39 is 11.8 Å². The third-order valence-electron chi connectivity index (χ3n) is 1.93. The number of hydrogen-bond donors (Lipinski definition) is 1. The molecule has 0 spiro atoms. The Morgan fingerprint density at radius 1 is 1.07 bits per heavy atom. The summed E-state index contributed by atoms with van der Waals surface area (Å²) in [5, 5.41) is 8.52. The number of fused-ring (bicyclic) bond motifs is 1. The number of carbonyl (C=O) groups is 2. The summed E-state index contributed by atoms with van der Waals surface area (Å²) in [5.74, 6) is -2.42. The molecule has 0 unspecified atom stereocenters. The van der Waals surface area contributed by atoms with Crippen molar-refractivity contribution in [3.8, 4) is 0 Å². The van der Waals surface area contributed by atoms with Gasteiger partial charge in [-0.2, -0.15) is 0 Å². The second-order valence-corrected chi connectivity index (χ2v) is 2.89. The summed E-state index contributed by atoms with van der Waals surface area (Å²) in [6, 6.07) is 4.41. The Kier molecular flexibility index (Phi) is 2.13. The number of nitrogens with zero attached hydrogens (tertiary/aromatic N) is 2. The van der Waals surface area contributed by atoms with Crippen LogP contribution < -0.4 is 0 Å². The van der Waals surface area contributed by atoms with Gasteiger partial charge in [0.2, 0.25) is 0 Å². The smallest absolute Gasteiger partial charge is 0.377 e. The second-order valence-electron chi connectivity index (χ2n) is 2.89. The van der Waals surface area contributed by atoms with Gasteiger partial charge < -0.3 is 5.11 Å². The molecule has 1 aromatic heterocycles. The third-order valence-corrected chi connectivity index (χ3v) is 1.93. The van der Waals surface area contributed by atoms with E-state index in [-0.39, 0.29) is 5.56 Å². The van der Waals surface area contributed by atoms with E-state index in [2.05, 4.69) is 9.97 Å². The number of carboxylic acid groups (broad SMARTS) is 1. The minimum Gasteiger partial charge on any atom is -0.475 e. The highest BCUT2D eigenvalue weighted by molar-refractivity contribution is 6.40. The van der Waals surface area contributed by atoms with Crippen molar-refractivity contribution in [2.75, 3.05) is 0 Å². The topological polar surface area (TPSA) is 80.1 Å². The van der Waals surface area contributed by atoms with Crippen molar-refractivity contribution in [1.29, 1.82) is 0 Å². The fourth-order valence-electron chi connectivity index (χ4n) is 1.23. The van der Waals surface area contributed by atoms with Crippen molar-refractivity contribution < 1.29 is 14.7 Å². The zero-order chi connectivity index (χ0) is 10.8. The van der Waals surface area contributed by atoms with Crippen LogP contribution in [0, 0.1) is 0 Å². The number of aliphatic carboxylic acids is 1. The molecule has 0 saturated carbocycles. The van der Waals surface area contributed by atoms with Crippen LogP contribution in [0.4, 0.5) is 0 Å². The Hall–Kier alpha value is -2.30. The first-order chi connectivity index (χ1) is 7.18. The first kappa shape index (κ1) is 9.26. The largest absolute Gasteiger partial charge is 0.475 e. The maximum Gasteiger partial charge on any atom is 0.377 e. The molecule has 0 atom stereocenters. The lowest BCUT2D eigenvalue weighted by molar-refractivity contribution is -0.131. The summed E-state index contributed by atoms with van der Waals surface area (Å²) < 4.78 is 0. The van der Waals surface area contributed by atoms with Gasteiger partial charge in [-0.1, -0.05) is 0 Å². The Morgan fingerprint density at radius 3 is 2.40 bits per heavy atom. The highest BCUT2D eigenvalue weighted by Crippen LogP contribution is 2.11. The molecular weight excluding hydrogens is 196 g/mol. The van der Waals surface area contributed by atoms with E-state index in [4.69, 9.17) is 5.11 Å². The molecule has 0 bridgehead atoms. The number of benzene rings is 1. The van der Waals surface area contributed by atoms with Crippen LogP contribution in [0.15, 0.2) is 30.6 Å². The predicted octanol–water partition coefficient (Wildman–Crippen LogP) is 0.897. The Labute approximate surface area is 84.4 Å². The molecule has 0 aliphatic heterocycles. The molecule has 1 aromatic carbocycles. The van der Waals surface area contributed by atoms with Gasteiger partial charge in [0.15, 0.2) is 0 Å². The fourth-order valence-corrected chi connectivity index (χ4v) is 1.23. The first-order valence-corrected chi connectivity index (χ1v) is 4.17. The zero-order valence-corrected chi connectivity index (χ0v) is 7.54. The number of carbonyl (C=O) groups excluding carboxylic acids is 1.